The van der Waals surface area contributed by atoms with Gasteiger partial charge in [0, 0.05) is 0 Å². The van der Waals surface area contributed by atoms with Gasteiger partial charge < -0.3 is 0 Å². The molecule has 0 aliphatic carbocycles. The fourth-order valence-electron chi connectivity index (χ4n) is 5.25. The molecule has 6 aromatic carbocycles. The molecule has 6 rings (SSSR count). The van der Waals surface area contributed by atoms with Crippen molar-refractivity contribution < 1.29 is 11.2 Å². The second kappa shape index (κ2) is 22.6. The number of hydrogen-bond acceptors (Lipinski definition) is 0. The van der Waals surface area contributed by atoms with Gasteiger partial charge in [0.2, 0.25) is 0 Å². The van der Waals surface area contributed by atoms with Gasteiger partial charge in [-0.25, -0.2) is 0 Å². The summed E-state index contributed by atoms with van der Waals surface area (Å²) >= 11 is 26.1. The molecule has 0 fully saturated rings. The van der Waals surface area contributed by atoms with Gasteiger partial charge in [0.25, 0.3) is 0 Å². The zero-order valence-electron chi connectivity index (χ0n) is 27.0. The van der Waals surface area contributed by atoms with E-state index in [1.165, 1.54) is 31.8 Å². The predicted octanol–water partition coefficient (Wildman–Crippen LogP) is 14.0. The Kier molecular flexibility index (Phi) is 20.5. The first-order valence-corrected chi connectivity index (χ1v) is 42.7. The molecule has 0 saturated carbocycles. The summed E-state index contributed by atoms with van der Waals surface area (Å²) in [6, 6.07) is 65.3. The monoisotopic (exact) mass is 1300 g/mol. The molecule has 0 aliphatic heterocycles. The molecule has 0 unspecified atom stereocenters. The Morgan fingerprint density at radius 1 is 0.260 bits per heavy atom. The van der Waals surface area contributed by atoms with Gasteiger partial charge >= 0.3 is 124 Å². The number of rotatable bonds is 6. The van der Waals surface area contributed by atoms with Gasteiger partial charge in [0.15, 0.2) is 0 Å². The Bertz CT molecular complexity index is 1450. The summed E-state index contributed by atoms with van der Waals surface area (Å²) in [5.41, 5.74) is -2.75. The van der Waals surface area contributed by atoms with E-state index in [0.29, 0.717) is 0 Å². The van der Waals surface area contributed by atoms with Crippen LogP contribution in [-0.2, 0) is 11.2 Å². The van der Waals surface area contributed by atoms with Crippen molar-refractivity contribution in [1.29, 1.82) is 0 Å². The summed E-state index contributed by atoms with van der Waals surface area (Å²) in [4.78, 5) is 0. The maximum absolute atomic E-state index is 3.27. The van der Waals surface area contributed by atoms with Crippen molar-refractivity contribution in [1.82, 2.24) is 0 Å². The van der Waals surface area contributed by atoms with Crippen molar-refractivity contribution in [2.45, 2.75) is 0 Å². The molecule has 0 spiro atoms. The van der Waals surface area contributed by atoms with Gasteiger partial charge in [-0.2, -0.15) is 0 Å². The molecule has 0 heterocycles. The minimum atomic E-state index is -1.53. The van der Waals surface area contributed by atoms with E-state index in [1.807, 2.05) is 0 Å². The fraction of sp³-hybridized carbons (Fsp3) is 0.0526. The van der Waals surface area contributed by atoms with E-state index in [9.17, 15) is 0 Å². The minimum absolute atomic E-state index is 1.38. The Morgan fingerprint density at radius 2 is 0.360 bits per heavy atom. The summed E-state index contributed by atoms with van der Waals surface area (Å²) in [6.45, 7) is 4.82. The number of benzene rings is 6. The first-order valence-electron chi connectivity index (χ1n) is 14.8. The summed E-state index contributed by atoms with van der Waals surface area (Å²) in [5.74, 6) is 0. The Balaban J connectivity index is 0.000000214. The Hall–Kier alpha value is 1.06. The molecule has 0 atom stereocenters. The van der Waals surface area contributed by atoms with Crippen LogP contribution in [0.15, 0.2) is 182 Å². The molecule has 0 aliphatic rings. The fourth-order valence-corrected chi connectivity index (χ4v) is 11.7. The van der Waals surface area contributed by atoms with Crippen molar-refractivity contribution in [3.05, 3.63) is 182 Å². The summed E-state index contributed by atoms with van der Waals surface area (Å²) in [5, 5.41) is 8.57. The van der Waals surface area contributed by atoms with Crippen LogP contribution < -0.4 is 31.8 Å². The molecule has 0 bridgehead atoms. The number of halogens is 8. The zero-order chi connectivity index (χ0) is 36.7. The van der Waals surface area contributed by atoms with Crippen LogP contribution in [0.3, 0.4) is 0 Å². The van der Waals surface area contributed by atoms with Crippen molar-refractivity contribution >= 4 is 159 Å². The van der Waals surface area contributed by atoms with Crippen molar-refractivity contribution in [3.8, 4) is 0 Å². The maximum atomic E-state index is 3.27. The zero-order valence-corrected chi connectivity index (χ0v) is 43.8. The molecule has 0 radical (unpaired) electrons. The third-order valence-corrected chi connectivity index (χ3v) is 15.6. The molecule has 0 aromatic heterocycles. The molecule has 12 heteroatoms. The second-order valence-electron chi connectivity index (χ2n) is 10.7. The van der Waals surface area contributed by atoms with Gasteiger partial charge in [-0.05, 0) is 72.8 Å². The van der Waals surface area contributed by atoms with E-state index in [4.69, 9.17) is 0 Å². The van der Waals surface area contributed by atoms with Crippen LogP contribution in [0.25, 0.3) is 0 Å². The second-order valence-corrected chi connectivity index (χ2v) is 89.3. The normalized spacial score (nSPS) is 12.0. The first kappa shape index (κ1) is 45.4. The van der Waals surface area contributed by atoms with E-state index in [2.05, 4.69) is 308 Å². The number of hydrogen-bond donors (Lipinski definition) is 0. The Morgan fingerprint density at radius 3 is 0.460 bits per heavy atom. The van der Waals surface area contributed by atoms with Gasteiger partial charge in [0.05, 0.1) is 13.3 Å². The molecule has 0 nitrogen and oxygen atoms in total. The van der Waals surface area contributed by atoms with Crippen LogP contribution in [0.1, 0.15) is 0 Å². The van der Waals surface area contributed by atoms with E-state index >= 15 is 0 Å². The molecule has 0 amide bonds. The predicted molar refractivity (Wildman–Crippen MR) is 254 cm³/mol. The summed E-state index contributed by atoms with van der Waals surface area (Å²) < 4.78 is 0. The van der Waals surface area contributed by atoms with Crippen LogP contribution in [0.5, 0.6) is 0 Å². The molecule has 268 valence electrons. The average molecular weight is 1300 g/mol. The first-order chi connectivity index (χ1) is 23.6. The molecule has 50 heavy (non-hydrogen) atoms. The topological polar surface area (TPSA) is 0 Å². The van der Waals surface area contributed by atoms with Crippen molar-refractivity contribution in [2.75, 3.05) is 13.3 Å². The van der Waals surface area contributed by atoms with Crippen LogP contribution >= 0.6 is 127 Å². The van der Waals surface area contributed by atoms with Gasteiger partial charge in [0.1, 0.15) is 46.4 Å². The SMILES string of the molecule is C[P+](c1ccccc1)(c1ccccc1)c1ccccc1.C[P+](c1ccccc1)(c1ccccc1)c1ccccc1.[Br][Mn-]([Br])([Br])[Br].[Br][Mn-]([Br])([Br])[Br]. The van der Waals surface area contributed by atoms with Crippen molar-refractivity contribution in [3.63, 3.8) is 0 Å². The van der Waals surface area contributed by atoms with Gasteiger partial charge in [-0.1, -0.05) is 109 Å². The standard InChI is InChI=1S/2C19H18P.8BrH.2Mn/c2*1-20(17-11-5-2-6-12-17,18-13-7-3-8-14-18)19-15-9-4-10-16-19;;;;;;;;;;/h2*2-16H,1H3;8*1H;;/q2*+1;;;;;;;;;2*+3/p-8. The van der Waals surface area contributed by atoms with Crippen LogP contribution in [0.2, 0.25) is 0 Å². The summed E-state index contributed by atoms with van der Waals surface area (Å²) in [7, 11) is -3.05. The van der Waals surface area contributed by atoms with Crippen LogP contribution in [-0.4, -0.2) is 13.3 Å². The third-order valence-electron chi connectivity index (χ3n) is 7.64. The van der Waals surface area contributed by atoms with Gasteiger partial charge in [-0.3, -0.25) is 0 Å². The van der Waals surface area contributed by atoms with E-state index in [1.54, 1.807) is 0 Å². The summed E-state index contributed by atoms with van der Waals surface area (Å²) in [6.07, 6.45) is 0. The van der Waals surface area contributed by atoms with E-state index < -0.39 is 25.8 Å². The molecule has 6 aromatic rings. The van der Waals surface area contributed by atoms with E-state index in [0.717, 1.165) is 0 Å². The van der Waals surface area contributed by atoms with E-state index in [-0.39, 0.29) is 0 Å². The Labute approximate surface area is 360 Å². The molecule has 0 N–H and O–H groups in total. The molecule has 0 saturated heterocycles. The third kappa shape index (κ3) is 15.7. The quantitative estimate of drug-likeness (QED) is 0.115. The average Bonchev–Trinajstić information content (AvgIpc) is 3.12. The van der Waals surface area contributed by atoms with Crippen LogP contribution in [0.4, 0.5) is 0 Å². The molecular weight excluding hydrogens is 1270 g/mol. The van der Waals surface area contributed by atoms with Crippen LogP contribution in [0, 0.1) is 0 Å². The van der Waals surface area contributed by atoms with Crippen molar-refractivity contribution in [2.24, 2.45) is 0 Å². The molecular formula is C38H36Br8Mn2P2. The van der Waals surface area contributed by atoms with Gasteiger partial charge in [-0.15, -0.1) is 0 Å².